The van der Waals surface area contributed by atoms with E-state index in [0.717, 1.165) is 10.5 Å². The maximum atomic E-state index is 13.4. The van der Waals surface area contributed by atoms with Crippen molar-refractivity contribution in [3.05, 3.63) is 57.2 Å². The van der Waals surface area contributed by atoms with Crippen LogP contribution < -0.4 is 4.72 Å². The van der Waals surface area contributed by atoms with E-state index in [9.17, 15) is 12.8 Å². The Kier molecular flexibility index (Phi) is 4.27. The highest BCUT2D eigenvalue weighted by atomic mass is 79.9. The van der Waals surface area contributed by atoms with Crippen molar-refractivity contribution in [1.29, 1.82) is 0 Å². The third-order valence-electron chi connectivity index (χ3n) is 2.30. The standard InChI is InChI=1S/C12H8Br2FNO2S/c13-8-1-3-9(4-2-8)16-19(17,18)10-5-6-11(14)12(15)7-10/h1-7,16H. The van der Waals surface area contributed by atoms with Gasteiger partial charge in [-0.25, -0.2) is 12.8 Å². The number of anilines is 1. The molecular formula is C12H8Br2FNO2S. The van der Waals surface area contributed by atoms with Crippen LogP contribution in [0.1, 0.15) is 0 Å². The molecule has 2 aromatic carbocycles. The molecule has 1 N–H and O–H groups in total. The maximum absolute atomic E-state index is 13.4. The second kappa shape index (κ2) is 5.60. The molecule has 0 saturated carbocycles. The number of nitrogens with one attached hydrogen (secondary N) is 1. The average molecular weight is 409 g/mol. The lowest BCUT2D eigenvalue weighted by Crippen LogP contribution is -2.13. The molecule has 0 amide bonds. The van der Waals surface area contributed by atoms with Crippen molar-refractivity contribution < 1.29 is 12.8 Å². The van der Waals surface area contributed by atoms with Crippen LogP contribution in [0.15, 0.2) is 56.3 Å². The van der Waals surface area contributed by atoms with Gasteiger partial charge >= 0.3 is 0 Å². The van der Waals surface area contributed by atoms with Crippen LogP contribution in [0.25, 0.3) is 0 Å². The van der Waals surface area contributed by atoms with Gasteiger partial charge in [-0.15, -0.1) is 0 Å². The molecule has 0 atom stereocenters. The molecule has 3 nitrogen and oxygen atoms in total. The summed E-state index contributed by atoms with van der Waals surface area (Å²) in [4.78, 5) is -0.129. The minimum absolute atomic E-state index is 0.129. The van der Waals surface area contributed by atoms with Gasteiger partial charge in [0.25, 0.3) is 10.0 Å². The summed E-state index contributed by atoms with van der Waals surface area (Å²) < 4.78 is 40.9. The molecular weight excluding hydrogens is 401 g/mol. The first kappa shape index (κ1) is 14.5. The molecule has 0 aliphatic rings. The molecule has 0 aliphatic heterocycles. The van der Waals surface area contributed by atoms with Crippen molar-refractivity contribution in [3.8, 4) is 0 Å². The molecule has 0 radical (unpaired) electrons. The second-order valence-electron chi connectivity index (χ2n) is 3.69. The van der Waals surface area contributed by atoms with Gasteiger partial charge in [-0.2, -0.15) is 0 Å². The number of benzene rings is 2. The summed E-state index contributed by atoms with van der Waals surface area (Å²) in [5.41, 5.74) is 0.409. The zero-order chi connectivity index (χ0) is 14.0. The van der Waals surface area contributed by atoms with Crippen LogP contribution in [-0.2, 0) is 10.0 Å². The van der Waals surface area contributed by atoms with E-state index in [1.807, 2.05) is 0 Å². The van der Waals surface area contributed by atoms with Gasteiger partial charge in [-0.1, -0.05) is 15.9 Å². The summed E-state index contributed by atoms with van der Waals surface area (Å²) in [7, 11) is -3.79. The topological polar surface area (TPSA) is 46.2 Å². The van der Waals surface area contributed by atoms with E-state index < -0.39 is 15.8 Å². The van der Waals surface area contributed by atoms with E-state index >= 15 is 0 Å². The molecule has 100 valence electrons. The van der Waals surface area contributed by atoms with Gasteiger partial charge in [0.1, 0.15) is 5.82 Å². The van der Waals surface area contributed by atoms with Crippen LogP contribution in [-0.4, -0.2) is 8.42 Å². The van der Waals surface area contributed by atoms with E-state index in [-0.39, 0.29) is 9.37 Å². The fraction of sp³-hybridized carbons (Fsp3) is 0. The van der Waals surface area contributed by atoms with Crippen LogP contribution in [0.4, 0.5) is 10.1 Å². The lowest BCUT2D eigenvalue weighted by atomic mass is 10.3. The fourth-order valence-electron chi connectivity index (χ4n) is 1.38. The Morgan fingerprint density at radius 2 is 1.63 bits per heavy atom. The van der Waals surface area contributed by atoms with Crippen LogP contribution in [0.5, 0.6) is 0 Å². The molecule has 0 heterocycles. The monoisotopic (exact) mass is 407 g/mol. The lowest BCUT2D eigenvalue weighted by molar-refractivity contribution is 0.593. The average Bonchev–Trinajstić information content (AvgIpc) is 2.35. The largest absolute Gasteiger partial charge is 0.280 e. The molecule has 0 saturated heterocycles. The molecule has 0 fully saturated rings. The Morgan fingerprint density at radius 1 is 1.00 bits per heavy atom. The van der Waals surface area contributed by atoms with E-state index in [1.54, 1.807) is 24.3 Å². The summed E-state index contributed by atoms with van der Waals surface area (Å²) in [5, 5.41) is 0. The Labute approximate surface area is 127 Å². The molecule has 0 unspecified atom stereocenters. The minimum Gasteiger partial charge on any atom is -0.280 e. The van der Waals surface area contributed by atoms with Gasteiger partial charge in [0, 0.05) is 10.2 Å². The highest BCUT2D eigenvalue weighted by Gasteiger charge is 2.15. The fourth-order valence-corrected chi connectivity index (χ4v) is 2.96. The normalized spacial score (nSPS) is 11.3. The molecule has 0 spiro atoms. The van der Waals surface area contributed by atoms with Crippen molar-refractivity contribution in [2.45, 2.75) is 4.90 Å². The summed E-state index contributed by atoms with van der Waals surface area (Å²) in [6, 6.07) is 10.3. The van der Waals surface area contributed by atoms with Crippen molar-refractivity contribution in [2.75, 3.05) is 4.72 Å². The predicted octanol–water partition coefficient (Wildman–Crippen LogP) is 4.15. The third kappa shape index (κ3) is 3.55. The summed E-state index contributed by atoms with van der Waals surface area (Å²) in [6.07, 6.45) is 0. The molecule has 19 heavy (non-hydrogen) atoms. The van der Waals surface area contributed by atoms with Gasteiger partial charge in [0.05, 0.1) is 9.37 Å². The number of halogens is 3. The van der Waals surface area contributed by atoms with Crippen molar-refractivity contribution in [3.63, 3.8) is 0 Å². The van der Waals surface area contributed by atoms with E-state index in [0.29, 0.717) is 5.69 Å². The number of rotatable bonds is 3. The Morgan fingerprint density at radius 3 is 2.21 bits per heavy atom. The van der Waals surface area contributed by atoms with Gasteiger partial charge in [-0.3, -0.25) is 4.72 Å². The molecule has 0 aromatic heterocycles. The first-order chi connectivity index (χ1) is 8.88. The van der Waals surface area contributed by atoms with Gasteiger partial charge in [0.2, 0.25) is 0 Å². The van der Waals surface area contributed by atoms with E-state index in [4.69, 9.17) is 0 Å². The third-order valence-corrected chi connectivity index (χ3v) is 4.85. The van der Waals surface area contributed by atoms with Gasteiger partial charge in [0.15, 0.2) is 0 Å². The summed E-state index contributed by atoms with van der Waals surface area (Å²) >= 11 is 6.23. The quantitative estimate of drug-likeness (QED) is 0.828. The smallest absolute Gasteiger partial charge is 0.261 e. The number of hydrogen-bond donors (Lipinski definition) is 1. The minimum atomic E-state index is -3.79. The van der Waals surface area contributed by atoms with Crippen molar-refractivity contribution >= 4 is 47.6 Å². The first-order valence-electron chi connectivity index (χ1n) is 5.12. The predicted molar refractivity (Wildman–Crippen MR) is 79.1 cm³/mol. The van der Waals surface area contributed by atoms with E-state index in [2.05, 4.69) is 36.6 Å². The van der Waals surface area contributed by atoms with Crippen LogP contribution in [0, 0.1) is 5.82 Å². The second-order valence-corrected chi connectivity index (χ2v) is 7.14. The molecule has 0 aliphatic carbocycles. The highest BCUT2D eigenvalue weighted by Crippen LogP contribution is 2.22. The Balaban J connectivity index is 2.32. The summed E-state index contributed by atoms with van der Waals surface area (Å²) in [6.45, 7) is 0. The first-order valence-corrected chi connectivity index (χ1v) is 8.19. The zero-order valence-corrected chi connectivity index (χ0v) is 13.4. The van der Waals surface area contributed by atoms with Crippen LogP contribution in [0.3, 0.4) is 0 Å². The van der Waals surface area contributed by atoms with E-state index in [1.165, 1.54) is 12.1 Å². The summed E-state index contributed by atoms with van der Waals surface area (Å²) in [5.74, 6) is -0.626. The van der Waals surface area contributed by atoms with Crippen LogP contribution in [0.2, 0.25) is 0 Å². The Hall–Kier alpha value is -0.920. The SMILES string of the molecule is O=S(=O)(Nc1ccc(Br)cc1)c1ccc(Br)c(F)c1. The number of sulfonamides is 1. The van der Waals surface area contributed by atoms with Crippen LogP contribution >= 0.6 is 31.9 Å². The zero-order valence-electron chi connectivity index (χ0n) is 9.40. The van der Waals surface area contributed by atoms with Gasteiger partial charge in [-0.05, 0) is 58.4 Å². The lowest BCUT2D eigenvalue weighted by Gasteiger charge is -2.08. The molecule has 2 aromatic rings. The van der Waals surface area contributed by atoms with Gasteiger partial charge < -0.3 is 0 Å². The van der Waals surface area contributed by atoms with Crippen molar-refractivity contribution in [1.82, 2.24) is 0 Å². The molecule has 0 bridgehead atoms. The highest BCUT2D eigenvalue weighted by molar-refractivity contribution is 9.10. The number of hydrogen-bond acceptors (Lipinski definition) is 2. The Bertz CT molecular complexity index is 702. The molecule has 7 heteroatoms. The maximum Gasteiger partial charge on any atom is 0.261 e. The van der Waals surface area contributed by atoms with Crippen molar-refractivity contribution in [2.24, 2.45) is 0 Å². The molecule has 2 rings (SSSR count).